The number of aromatic amines is 1. The Morgan fingerprint density at radius 1 is 1.29 bits per heavy atom. The molecule has 3 heterocycles. The number of imidazole rings is 1. The summed E-state index contributed by atoms with van der Waals surface area (Å²) in [4.78, 5) is 27.2. The van der Waals surface area contributed by atoms with Crippen LogP contribution >= 0.6 is 0 Å². The van der Waals surface area contributed by atoms with Crippen molar-refractivity contribution >= 4 is 11.2 Å². The van der Waals surface area contributed by atoms with Crippen molar-refractivity contribution in [2.45, 2.75) is 0 Å². The lowest BCUT2D eigenvalue weighted by Crippen LogP contribution is -2.16. The third-order valence-electron chi connectivity index (χ3n) is 2.48. The van der Waals surface area contributed by atoms with Gasteiger partial charge in [-0.25, -0.2) is 9.97 Å². The molecule has 3 rings (SSSR count). The minimum absolute atomic E-state index is 0.148. The molecule has 6 heteroatoms. The Balaban J connectivity index is 2.28. The lowest BCUT2D eigenvalue weighted by molar-refractivity contribution is 0.839. The lowest BCUT2D eigenvalue weighted by Gasteiger charge is -1.92. The maximum Gasteiger partial charge on any atom is 0.279 e. The zero-order chi connectivity index (χ0) is 11.8. The largest absolute Gasteiger partial charge is 0.331 e. The smallest absolute Gasteiger partial charge is 0.279 e. The van der Waals surface area contributed by atoms with E-state index in [0.717, 1.165) is 0 Å². The predicted molar refractivity (Wildman–Crippen MR) is 62.4 cm³/mol. The second kappa shape index (κ2) is 3.51. The van der Waals surface area contributed by atoms with Crippen LogP contribution in [0.2, 0.25) is 0 Å². The van der Waals surface area contributed by atoms with Gasteiger partial charge in [0.05, 0.1) is 6.33 Å². The first-order valence-electron chi connectivity index (χ1n) is 5.08. The number of nitrogens with one attached hydrogen (secondary N) is 1. The van der Waals surface area contributed by atoms with Gasteiger partial charge in [-0.2, -0.15) is 0 Å². The molecule has 0 aromatic carbocycles. The molecule has 0 bridgehead atoms. The molecule has 84 valence electrons. The Bertz CT molecular complexity index is 728. The van der Waals surface area contributed by atoms with E-state index in [1.165, 1.54) is 10.9 Å². The topological polar surface area (TPSA) is 76.5 Å². The second-order valence-corrected chi connectivity index (χ2v) is 3.66. The second-order valence-electron chi connectivity index (χ2n) is 3.66. The van der Waals surface area contributed by atoms with Gasteiger partial charge in [-0.3, -0.25) is 9.78 Å². The summed E-state index contributed by atoms with van der Waals surface area (Å²) in [6.45, 7) is 0. The molecule has 0 atom stereocenters. The first-order valence-corrected chi connectivity index (χ1v) is 5.08. The predicted octanol–water partition coefficient (Wildman–Crippen LogP) is 0.719. The number of hydrogen-bond acceptors (Lipinski definition) is 4. The maximum absolute atomic E-state index is 11.8. The van der Waals surface area contributed by atoms with E-state index in [1.54, 1.807) is 13.2 Å². The van der Waals surface area contributed by atoms with Crippen LogP contribution in [0.1, 0.15) is 0 Å². The molecule has 3 aromatic rings. The standard InChI is InChI=1S/C11H9N5O/c1-16-6-13-10-8(11(16)17)14-9(15-10)7-4-2-3-5-12-7/h2-6H,1H3,(H,14,15). The third kappa shape index (κ3) is 1.50. The average molecular weight is 227 g/mol. The van der Waals surface area contributed by atoms with E-state index in [9.17, 15) is 4.79 Å². The highest BCUT2D eigenvalue weighted by molar-refractivity contribution is 5.73. The van der Waals surface area contributed by atoms with Crippen molar-refractivity contribution in [3.8, 4) is 11.5 Å². The summed E-state index contributed by atoms with van der Waals surface area (Å²) in [5.41, 5.74) is 1.35. The summed E-state index contributed by atoms with van der Waals surface area (Å²) >= 11 is 0. The van der Waals surface area contributed by atoms with Crippen LogP contribution in [0.25, 0.3) is 22.7 Å². The van der Waals surface area contributed by atoms with E-state index in [2.05, 4.69) is 19.9 Å². The molecule has 0 aliphatic carbocycles. The monoisotopic (exact) mass is 227 g/mol. The molecule has 3 aromatic heterocycles. The molecule has 6 nitrogen and oxygen atoms in total. The maximum atomic E-state index is 11.8. The molecule has 17 heavy (non-hydrogen) atoms. The Kier molecular flexibility index (Phi) is 2.01. The highest BCUT2D eigenvalue weighted by Crippen LogP contribution is 2.14. The summed E-state index contributed by atoms with van der Waals surface area (Å²) in [5.74, 6) is 0.552. The van der Waals surface area contributed by atoms with Gasteiger partial charge in [0.2, 0.25) is 0 Å². The van der Waals surface area contributed by atoms with E-state index in [-0.39, 0.29) is 5.56 Å². The Morgan fingerprint density at radius 3 is 2.94 bits per heavy atom. The number of pyridine rings is 1. The van der Waals surface area contributed by atoms with Crippen molar-refractivity contribution in [3.05, 3.63) is 41.1 Å². The molecular formula is C11H9N5O. The molecule has 0 aliphatic rings. The van der Waals surface area contributed by atoms with Crippen LogP contribution < -0.4 is 5.56 Å². The summed E-state index contributed by atoms with van der Waals surface area (Å²) in [6.07, 6.45) is 3.13. The number of nitrogens with zero attached hydrogens (tertiary/aromatic N) is 4. The molecule has 0 saturated carbocycles. The first-order chi connectivity index (χ1) is 8.25. The van der Waals surface area contributed by atoms with Crippen LogP contribution in [0.4, 0.5) is 0 Å². The number of fused-ring (bicyclic) bond motifs is 1. The molecule has 0 spiro atoms. The molecule has 0 radical (unpaired) electrons. The highest BCUT2D eigenvalue weighted by Gasteiger charge is 2.10. The van der Waals surface area contributed by atoms with Crippen molar-refractivity contribution in [2.75, 3.05) is 0 Å². The van der Waals surface area contributed by atoms with Crippen LogP contribution in [-0.2, 0) is 7.05 Å². The minimum Gasteiger partial charge on any atom is -0.331 e. The van der Waals surface area contributed by atoms with Gasteiger partial charge in [0.15, 0.2) is 17.0 Å². The van der Waals surface area contributed by atoms with Crippen LogP contribution in [0.3, 0.4) is 0 Å². The molecule has 0 fully saturated rings. The average Bonchev–Trinajstić information content (AvgIpc) is 2.80. The molecule has 0 saturated heterocycles. The normalized spacial score (nSPS) is 10.9. The molecule has 0 unspecified atom stereocenters. The van der Waals surface area contributed by atoms with Gasteiger partial charge in [-0.15, -0.1) is 0 Å². The Labute approximate surface area is 96.0 Å². The van der Waals surface area contributed by atoms with Gasteiger partial charge >= 0.3 is 0 Å². The number of aromatic nitrogens is 5. The zero-order valence-corrected chi connectivity index (χ0v) is 9.08. The van der Waals surface area contributed by atoms with E-state index in [4.69, 9.17) is 0 Å². The SMILES string of the molecule is Cn1cnc2nc(-c3ccccn3)[nH]c2c1=O. The fourth-order valence-electron chi connectivity index (χ4n) is 1.60. The van der Waals surface area contributed by atoms with Gasteiger partial charge in [0.25, 0.3) is 5.56 Å². The molecule has 1 N–H and O–H groups in total. The van der Waals surface area contributed by atoms with Crippen molar-refractivity contribution in [1.82, 2.24) is 24.5 Å². The molecule has 0 aliphatic heterocycles. The van der Waals surface area contributed by atoms with Gasteiger partial charge < -0.3 is 9.55 Å². The number of hydrogen-bond donors (Lipinski definition) is 1. The zero-order valence-electron chi connectivity index (χ0n) is 9.08. The summed E-state index contributed by atoms with van der Waals surface area (Å²) in [7, 11) is 1.65. The summed E-state index contributed by atoms with van der Waals surface area (Å²) < 4.78 is 1.41. The van der Waals surface area contributed by atoms with E-state index < -0.39 is 0 Å². The van der Waals surface area contributed by atoms with Crippen molar-refractivity contribution in [3.63, 3.8) is 0 Å². The highest BCUT2D eigenvalue weighted by atomic mass is 16.1. The summed E-state index contributed by atoms with van der Waals surface area (Å²) in [6, 6.07) is 5.51. The number of rotatable bonds is 1. The third-order valence-corrected chi connectivity index (χ3v) is 2.48. The minimum atomic E-state index is -0.148. The quantitative estimate of drug-likeness (QED) is 0.664. The van der Waals surface area contributed by atoms with Crippen molar-refractivity contribution in [2.24, 2.45) is 7.05 Å². The molecular weight excluding hydrogens is 218 g/mol. The lowest BCUT2D eigenvalue weighted by atomic mass is 10.3. The van der Waals surface area contributed by atoms with Gasteiger partial charge in [-0.05, 0) is 12.1 Å². The molecule has 0 amide bonds. The van der Waals surface area contributed by atoms with Crippen LogP contribution in [0.15, 0.2) is 35.5 Å². The van der Waals surface area contributed by atoms with E-state index in [1.807, 2.05) is 18.2 Å². The van der Waals surface area contributed by atoms with E-state index >= 15 is 0 Å². The first kappa shape index (κ1) is 9.71. The Hall–Kier alpha value is -2.50. The number of aryl methyl sites for hydroxylation is 1. The van der Waals surface area contributed by atoms with Crippen molar-refractivity contribution < 1.29 is 0 Å². The van der Waals surface area contributed by atoms with Gasteiger partial charge in [-0.1, -0.05) is 6.07 Å². The fourth-order valence-corrected chi connectivity index (χ4v) is 1.60. The van der Waals surface area contributed by atoms with Crippen LogP contribution in [0, 0.1) is 0 Å². The Morgan fingerprint density at radius 2 is 2.18 bits per heavy atom. The summed E-state index contributed by atoms with van der Waals surface area (Å²) in [5, 5.41) is 0. The van der Waals surface area contributed by atoms with Crippen molar-refractivity contribution in [1.29, 1.82) is 0 Å². The van der Waals surface area contributed by atoms with Gasteiger partial charge in [0.1, 0.15) is 5.69 Å². The van der Waals surface area contributed by atoms with Crippen LogP contribution in [-0.4, -0.2) is 24.5 Å². The van der Waals surface area contributed by atoms with Gasteiger partial charge in [0, 0.05) is 13.2 Å². The number of H-pyrrole nitrogens is 1. The van der Waals surface area contributed by atoms with Crippen LogP contribution in [0.5, 0.6) is 0 Å². The van der Waals surface area contributed by atoms with E-state index in [0.29, 0.717) is 22.7 Å². The fraction of sp³-hybridized carbons (Fsp3) is 0.0909.